The number of rotatable bonds is 2. The average molecular weight is 119 g/mol. The second-order valence-corrected chi connectivity index (χ2v) is 1.42. The quantitative estimate of drug-likeness (QED) is 0.291. The van der Waals surface area contributed by atoms with Crippen LogP contribution in [0.3, 0.4) is 0 Å². The minimum absolute atomic E-state index is 0.903. The van der Waals surface area contributed by atoms with Gasteiger partial charge in [-0.25, -0.2) is 0 Å². The van der Waals surface area contributed by atoms with E-state index >= 15 is 0 Å². The van der Waals surface area contributed by atoms with Gasteiger partial charge in [-0.15, -0.1) is 0 Å². The summed E-state index contributed by atoms with van der Waals surface area (Å²) >= 11 is 0. The molecule has 0 radical (unpaired) electrons. The molecular weight excluding hydrogens is 110 g/mol. The molecule has 1 amide bonds. The second kappa shape index (κ2) is 2.61. The first-order valence-corrected chi connectivity index (χ1v) is 2.04. The molecule has 0 bridgehead atoms. The van der Waals surface area contributed by atoms with Crippen LogP contribution in [0.2, 0.25) is 0 Å². The molecule has 5 heteroatoms. The highest BCUT2D eigenvalue weighted by Gasteiger charge is 2.14. The van der Waals surface area contributed by atoms with Crippen molar-refractivity contribution in [2.45, 2.75) is 12.3 Å². The van der Waals surface area contributed by atoms with Crippen LogP contribution in [-0.4, -0.2) is 23.3 Å². The molecule has 8 heavy (non-hydrogen) atoms. The van der Waals surface area contributed by atoms with Crippen molar-refractivity contribution in [1.29, 1.82) is 0 Å². The largest absolute Gasteiger partial charge is 0.380 e. The third kappa shape index (κ3) is 1.87. The van der Waals surface area contributed by atoms with Crippen molar-refractivity contribution in [2.75, 3.05) is 0 Å². The highest BCUT2D eigenvalue weighted by molar-refractivity contribution is 5.79. The molecule has 0 spiro atoms. The van der Waals surface area contributed by atoms with Gasteiger partial charge in [-0.3, -0.25) is 4.79 Å². The lowest BCUT2D eigenvalue weighted by Crippen LogP contribution is -2.49. The van der Waals surface area contributed by atoms with Crippen molar-refractivity contribution in [3.8, 4) is 0 Å². The predicted molar refractivity (Wildman–Crippen MR) is 27.4 cm³/mol. The lowest BCUT2D eigenvalue weighted by molar-refractivity contribution is -0.126. The van der Waals surface area contributed by atoms with Crippen LogP contribution in [0.15, 0.2) is 0 Å². The van der Waals surface area contributed by atoms with Crippen LogP contribution in [0.4, 0.5) is 0 Å². The first-order valence-electron chi connectivity index (χ1n) is 2.04. The number of aliphatic hydroxyl groups is 1. The molecule has 0 heterocycles. The number of aliphatic hydroxyl groups excluding tert-OH is 1. The smallest absolute Gasteiger partial charge is 0.249 e. The van der Waals surface area contributed by atoms with E-state index in [0.29, 0.717) is 0 Å². The highest BCUT2D eigenvalue weighted by atomic mass is 16.3. The van der Waals surface area contributed by atoms with E-state index in [2.05, 4.69) is 5.73 Å². The van der Waals surface area contributed by atoms with Crippen LogP contribution in [0, 0.1) is 0 Å². The van der Waals surface area contributed by atoms with E-state index in [0.717, 1.165) is 0 Å². The zero-order valence-corrected chi connectivity index (χ0v) is 4.24. The third-order valence-electron chi connectivity index (χ3n) is 0.656. The van der Waals surface area contributed by atoms with E-state index in [1.807, 2.05) is 0 Å². The molecule has 48 valence electrons. The van der Waals surface area contributed by atoms with Gasteiger partial charge in [0.2, 0.25) is 5.91 Å². The maximum atomic E-state index is 9.95. The summed E-state index contributed by atoms with van der Waals surface area (Å²) in [4.78, 5) is 9.95. The Morgan fingerprint density at radius 2 is 1.88 bits per heavy atom. The maximum Gasteiger partial charge on any atom is 0.249 e. The SMILES string of the molecule is NC(=O)C(O)C(N)N. The highest BCUT2D eigenvalue weighted by Crippen LogP contribution is 1.77. The Hall–Kier alpha value is -0.650. The molecular formula is C3H9N3O2. The van der Waals surface area contributed by atoms with Crippen molar-refractivity contribution >= 4 is 5.91 Å². The first-order chi connectivity index (χ1) is 3.55. The van der Waals surface area contributed by atoms with Crippen LogP contribution < -0.4 is 17.2 Å². The van der Waals surface area contributed by atoms with Crippen LogP contribution >= 0.6 is 0 Å². The predicted octanol–water partition coefficient (Wildman–Crippen LogP) is -2.92. The topological polar surface area (TPSA) is 115 Å². The fourth-order valence-electron chi connectivity index (χ4n) is 0.190. The number of amides is 1. The molecule has 0 aromatic carbocycles. The first kappa shape index (κ1) is 7.35. The Kier molecular flexibility index (Phi) is 2.40. The fourth-order valence-corrected chi connectivity index (χ4v) is 0.190. The average Bonchev–Trinajstić information content (AvgIpc) is 1.64. The van der Waals surface area contributed by atoms with Gasteiger partial charge >= 0.3 is 0 Å². The molecule has 0 saturated carbocycles. The normalized spacial score (nSPS) is 14.0. The zero-order chi connectivity index (χ0) is 6.73. The molecule has 0 aliphatic carbocycles. The Morgan fingerprint density at radius 1 is 1.50 bits per heavy atom. The van der Waals surface area contributed by atoms with Gasteiger partial charge in [0.15, 0.2) is 6.10 Å². The van der Waals surface area contributed by atoms with Gasteiger partial charge in [-0.05, 0) is 0 Å². The van der Waals surface area contributed by atoms with E-state index in [4.69, 9.17) is 16.6 Å². The van der Waals surface area contributed by atoms with Crippen LogP contribution in [0.1, 0.15) is 0 Å². The number of carbonyl (C=O) groups is 1. The summed E-state index contributed by atoms with van der Waals surface area (Å²) in [5.41, 5.74) is 14.3. The summed E-state index contributed by atoms with van der Waals surface area (Å²) in [6.45, 7) is 0. The molecule has 0 aromatic rings. The molecule has 0 aliphatic rings. The lowest BCUT2D eigenvalue weighted by atomic mass is 10.3. The second-order valence-electron chi connectivity index (χ2n) is 1.42. The molecule has 1 unspecified atom stereocenters. The summed E-state index contributed by atoms with van der Waals surface area (Å²) in [6, 6.07) is 0. The van der Waals surface area contributed by atoms with Gasteiger partial charge in [-0.1, -0.05) is 0 Å². The van der Waals surface area contributed by atoms with Crippen molar-refractivity contribution in [2.24, 2.45) is 17.2 Å². The van der Waals surface area contributed by atoms with Crippen LogP contribution in [-0.2, 0) is 4.79 Å². The van der Waals surface area contributed by atoms with Crippen molar-refractivity contribution < 1.29 is 9.90 Å². The molecule has 1 atom stereocenters. The van der Waals surface area contributed by atoms with Crippen LogP contribution in [0.5, 0.6) is 0 Å². The molecule has 0 saturated heterocycles. The van der Waals surface area contributed by atoms with Gasteiger partial charge in [0, 0.05) is 0 Å². The Labute approximate surface area is 46.4 Å². The summed E-state index contributed by atoms with van der Waals surface area (Å²) in [5, 5.41) is 8.48. The minimum Gasteiger partial charge on any atom is -0.380 e. The molecule has 0 fully saturated rings. The van der Waals surface area contributed by atoms with Gasteiger partial charge in [0.05, 0.1) is 6.17 Å². The van der Waals surface area contributed by atoms with Crippen molar-refractivity contribution in [3.05, 3.63) is 0 Å². The van der Waals surface area contributed by atoms with E-state index in [-0.39, 0.29) is 0 Å². The summed E-state index contributed by atoms with van der Waals surface area (Å²) < 4.78 is 0. The van der Waals surface area contributed by atoms with Crippen LogP contribution in [0.25, 0.3) is 0 Å². The Morgan fingerprint density at radius 3 is 1.88 bits per heavy atom. The van der Waals surface area contributed by atoms with E-state index in [1.54, 1.807) is 0 Å². The Bertz CT molecular complexity index is 92.5. The number of hydrogen-bond acceptors (Lipinski definition) is 4. The Balaban J connectivity index is 3.64. The number of primary amides is 1. The van der Waals surface area contributed by atoms with Gasteiger partial charge in [-0.2, -0.15) is 0 Å². The minimum atomic E-state index is -1.44. The molecule has 0 aliphatic heterocycles. The van der Waals surface area contributed by atoms with Gasteiger partial charge < -0.3 is 22.3 Å². The monoisotopic (exact) mass is 119 g/mol. The van der Waals surface area contributed by atoms with E-state index < -0.39 is 18.2 Å². The van der Waals surface area contributed by atoms with Crippen molar-refractivity contribution in [1.82, 2.24) is 0 Å². The zero-order valence-electron chi connectivity index (χ0n) is 4.24. The van der Waals surface area contributed by atoms with E-state index in [9.17, 15) is 4.79 Å². The molecule has 0 rings (SSSR count). The number of carbonyl (C=O) groups excluding carboxylic acids is 1. The van der Waals surface area contributed by atoms with Gasteiger partial charge in [0.25, 0.3) is 0 Å². The molecule has 0 aromatic heterocycles. The number of nitrogens with two attached hydrogens (primary N) is 3. The van der Waals surface area contributed by atoms with Crippen molar-refractivity contribution in [3.63, 3.8) is 0 Å². The number of hydrogen-bond donors (Lipinski definition) is 4. The summed E-state index contributed by atoms with van der Waals surface area (Å²) in [7, 11) is 0. The van der Waals surface area contributed by atoms with Gasteiger partial charge in [0.1, 0.15) is 0 Å². The molecule has 5 nitrogen and oxygen atoms in total. The summed E-state index contributed by atoms with van der Waals surface area (Å²) in [5.74, 6) is -0.903. The lowest BCUT2D eigenvalue weighted by Gasteiger charge is -2.08. The third-order valence-corrected chi connectivity index (χ3v) is 0.656. The fraction of sp³-hybridized carbons (Fsp3) is 0.667. The van der Waals surface area contributed by atoms with E-state index in [1.165, 1.54) is 0 Å². The standard InChI is InChI=1S/C3H9N3O2/c4-2(5)1(7)3(6)8/h1-2,7H,4-5H2,(H2,6,8). The summed E-state index contributed by atoms with van der Waals surface area (Å²) in [6.07, 6.45) is -2.51. The molecule has 7 N–H and O–H groups in total. The maximum absolute atomic E-state index is 9.95.